The highest BCUT2D eigenvalue weighted by atomic mass is 16.3. The Morgan fingerprint density at radius 1 is 1.21 bits per heavy atom. The van der Waals surface area contributed by atoms with E-state index in [-0.39, 0.29) is 17.6 Å². The average Bonchev–Trinajstić information content (AvgIpc) is 2.77. The van der Waals surface area contributed by atoms with E-state index >= 15 is 0 Å². The Bertz CT molecular complexity index is 513. The Hall–Kier alpha value is -1.57. The Balaban J connectivity index is 2.48. The van der Waals surface area contributed by atoms with Crippen molar-refractivity contribution in [2.75, 3.05) is 0 Å². The van der Waals surface area contributed by atoms with Crippen LogP contribution in [-0.4, -0.2) is 10.9 Å². The molecule has 2 aliphatic rings. The first-order valence-corrected chi connectivity index (χ1v) is 6.90. The minimum absolute atomic E-state index is 0.114. The largest absolute Gasteiger partial charge is 0.511 e. The molecule has 1 fully saturated rings. The Kier molecular flexibility index (Phi) is 3.79. The predicted octanol–water partition coefficient (Wildman–Crippen LogP) is 4.27. The lowest BCUT2D eigenvalue weighted by atomic mass is 9.82. The van der Waals surface area contributed by atoms with Crippen molar-refractivity contribution in [1.82, 2.24) is 0 Å². The summed E-state index contributed by atoms with van der Waals surface area (Å²) in [7, 11) is 0. The summed E-state index contributed by atoms with van der Waals surface area (Å²) in [6, 6.07) is 0. The third-order valence-electron chi connectivity index (χ3n) is 4.04. The van der Waals surface area contributed by atoms with Crippen molar-refractivity contribution in [3.8, 4) is 0 Å². The van der Waals surface area contributed by atoms with Gasteiger partial charge in [0.2, 0.25) is 0 Å². The van der Waals surface area contributed by atoms with Crippen molar-refractivity contribution in [3.05, 3.63) is 46.8 Å². The van der Waals surface area contributed by atoms with Crippen molar-refractivity contribution in [1.29, 1.82) is 0 Å². The number of carbonyl (C=O) groups is 1. The van der Waals surface area contributed by atoms with Crippen LogP contribution in [0.1, 0.15) is 40.0 Å². The van der Waals surface area contributed by atoms with Crippen molar-refractivity contribution in [2.45, 2.75) is 40.0 Å². The van der Waals surface area contributed by atoms with Gasteiger partial charge in [-0.15, -0.1) is 0 Å². The minimum Gasteiger partial charge on any atom is -0.511 e. The highest BCUT2D eigenvalue weighted by Crippen LogP contribution is 2.44. The summed E-state index contributed by atoms with van der Waals surface area (Å²) in [5, 5.41) is 10.4. The van der Waals surface area contributed by atoms with Crippen LogP contribution in [0.2, 0.25) is 0 Å². The summed E-state index contributed by atoms with van der Waals surface area (Å²) < 4.78 is 0. The van der Waals surface area contributed by atoms with Gasteiger partial charge in [0.15, 0.2) is 5.78 Å². The van der Waals surface area contributed by atoms with Crippen molar-refractivity contribution < 1.29 is 9.90 Å². The molecule has 0 aliphatic heterocycles. The first kappa shape index (κ1) is 13.9. The molecular formula is C17H22O2. The number of carbonyl (C=O) groups excluding carboxylic acids is 1. The normalized spacial score (nSPS) is 26.2. The summed E-state index contributed by atoms with van der Waals surface area (Å²) in [6.45, 7) is 9.70. The van der Waals surface area contributed by atoms with Crippen LogP contribution in [-0.2, 0) is 4.79 Å². The fourth-order valence-corrected chi connectivity index (χ4v) is 3.00. The molecule has 0 heterocycles. The Morgan fingerprint density at radius 3 is 2.42 bits per heavy atom. The van der Waals surface area contributed by atoms with Gasteiger partial charge in [-0.3, -0.25) is 4.79 Å². The van der Waals surface area contributed by atoms with E-state index in [1.165, 1.54) is 0 Å². The number of fused-ring (bicyclic) bond motifs is 2. The van der Waals surface area contributed by atoms with Gasteiger partial charge in [-0.25, -0.2) is 0 Å². The van der Waals surface area contributed by atoms with E-state index in [1.54, 1.807) is 0 Å². The first-order valence-electron chi connectivity index (χ1n) is 6.90. The van der Waals surface area contributed by atoms with Crippen LogP contribution in [0.4, 0.5) is 0 Å². The number of rotatable bonds is 3. The predicted molar refractivity (Wildman–Crippen MR) is 77.8 cm³/mol. The zero-order valence-electron chi connectivity index (χ0n) is 12.0. The fourth-order valence-electron chi connectivity index (χ4n) is 3.00. The van der Waals surface area contributed by atoms with E-state index in [9.17, 15) is 9.90 Å². The van der Waals surface area contributed by atoms with Gasteiger partial charge in [0.05, 0.1) is 5.57 Å². The maximum absolute atomic E-state index is 12.5. The molecule has 2 unspecified atom stereocenters. The van der Waals surface area contributed by atoms with E-state index in [1.807, 2.05) is 32.9 Å². The minimum atomic E-state index is 0.114. The zero-order valence-corrected chi connectivity index (χ0v) is 12.0. The second kappa shape index (κ2) is 5.20. The molecular weight excluding hydrogens is 236 g/mol. The lowest BCUT2D eigenvalue weighted by Gasteiger charge is -2.23. The molecule has 0 amide bonds. The van der Waals surface area contributed by atoms with Gasteiger partial charge in [0.25, 0.3) is 0 Å². The molecule has 0 radical (unpaired) electrons. The monoisotopic (exact) mass is 258 g/mol. The Labute approximate surface area is 115 Å². The van der Waals surface area contributed by atoms with E-state index in [4.69, 9.17) is 0 Å². The molecule has 2 nitrogen and oxygen atoms in total. The van der Waals surface area contributed by atoms with Gasteiger partial charge in [0.1, 0.15) is 5.76 Å². The number of aliphatic hydroxyl groups excluding tert-OH is 1. The topological polar surface area (TPSA) is 37.3 Å². The van der Waals surface area contributed by atoms with Crippen LogP contribution in [0, 0.1) is 11.8 Å². The van der Waals surface area contributed by atoms with Gasteiger partial charge >= 0.3 is 0 Å². The molecule has 2 aliphatic carbocycles. The maximum Gasteiger partial charge on any atom is 0.169 e. The molecule has 2 heteroatoms. The lowest BCUT2D eigenvalue weighted by Crippen LogP contribution is -2.23. The first-order chi connectivity index (χ1) is 8.91. The van der Waals surface area contributed by atoms with Crippen LogP contribution >= 0.6 is 0 Å². The van der Waals surface area contributed by atoms with Crippen LogP contribution < -0.4 is 0 Å². The van der Waals surface area contributed by atoms with E-state index in [2.05, 4.69) is 6.58 Å². The molecule has 0 saturated heterocycles. The standard InChI is InChI=1S/C17H22O2/c1-10(2)5-8-14(11(3)4)15-16(18)12-6-7-13(9-12)17(15)19/h5,8,12-13,18H,1,6-7,9H2,2-4H3/b8-5-. The summed E-state index contributed by atoms with van der Waals surface area (Å²) in [5.41, 5.74) is 3.40. The summed E-state index contributed by atoms with van der Waals surface area (Å²) in [5.74, 6) is 0.726. The molecule has 0 aromatic heterocycles. The highest BCUT2D eigenvalue weighted by Gasteiger charge is 2.41. The van der Waals surface area contributed by atoms with Gasteiger partial charge in [-0.2, -0.15) is 0 Å². The van der Waals surface area contributed by atoms with Crippen molar-refractivity contribution >= 4 is 5.78 Å². The van der Waals surface area contributed by atoms with Gasteiger partial charge in [-0.05, 0) is 45.6 Å². The SMILES string of the molecule is C=C(C)/C=C\C(=C(C)C)C1=C(O)C2CCC(C2)C1=O. The van der Waals surface area contributed by atoms with Crippen molar-refractivity contribution in [2.24, 2.45) is 11.8 Å². The van der Waals surface area contributed by atoms with Crippen molar-refractivity contribution in [3.63, 3.8) is 0 Å². The number of hydrogen-bond donors (Lipinski definition) is 1. The average molecular weight is 258 g/mol. The lowest BCUT2D eigenvalue weighted by molar-refractivity contribution is -0.119. The van der Waals surface area contributed by atoms with Gasteiger partial charge < -0.3 is 5.11 Å². The summed E-state index contributed by atoms with van der Waals surface area (Å²) in [4.78, 5) is 12.5. The van der Waals surface area contributed by atoms with Crippen LogP contribution in [0.15, 0.2) is 46.8 Å². The zero-order chi connectivity index (χ0) is 14.2. The second-order valence-electron chi connectivity index (χ2n) is 5.92. The number of hydrogen-bond acceptors (Lipinski definition) is 2. The summed E-state index contributed by atoms with van der Waals surface area (Å²) >= 11 is 0. The van der Waals surface area contributed by atoms with Gasteiger partial charge in [0, 0.05) is 11.8 Å². The fraction of sp³-hybridized carbons (Fsp3) is 0.471. The smallest absolute Gasteiger partial charge is 0.169 e. The molecule has 2 rings (SSSR count). The molecule has 0 aromatic carbocycles. The maximum atomic E-state index is 12.5. The molecule has 1 N–H and O–H groups in total. The van der Waals surface area contributed by atoms with E-state index in [0.29, 0.717) is 11.3 Å². The van der Waals surface area contributed by atoms with E-state index < -0.39 is 0 Å². The molecule has 1 saturated carbocycles. The molecule has 2 atom stereocenters. The quantitative estimate of drug-likeness (QED) is 0.768. The molecule has 102 valence electrons. The van der Waals surface area contributed by atoms with E-state index in [0.717, 1.165) is 36.0 Å². The van der Waals surface area contributed by atoms with Crippen LogP contribution in [0.5, 0.6) is 0 Å². The third-order valence-corrected chi connectivity index (χ3v) is 4.04. The number of allylic oxidation sites excluding steroid dienone is 7. The molecule has 0 aromatic rings. The molecule has 0 spiro atoms. The van der Waals surface area contributed by atoms with Gasteiger partial charge in [-0.1, -0.05) is 29.9 Å². The third kappa shape index (κ3) is 2.58. The number of Topliss-reactive ketones (excluding diaryl/α,β-unsaturated/α-hetero) is 1. The molecule has 2 bridgehead atoms. The molecule has 19 heavy (non-hydrogen) atoms. The van der Waals surface area contributed by atoms with Crippen LogP contribution in [0.25, 0.3) is 0 Å². The summed E-state index contributed by atoms with van der Waals surface area (Å²) in [6.07, 6.45) is 6.48. The number of aliphatic hydroxyl groups is 1. The second-order valence-corrected chi connectivity index (χ2v) is 5.92. The Morgan fingerprint density at radius 2 is 1.84 bits per heavy atom. The number of ketones is 1. The highest BCUT2D eigenvalue weighted by molar-refractivity contribution is 6.03. The van der Waals surface area contributed by atoms with Crippen LogP contribution in [0.3, 0.4) is 0 Å².